The topological polar surface area (TPSA) is 64.6 Å². The van der Waals surface area contributed by atoms with Gasteiger partial charge in [-0.25, -0.2) is 0 Å². The molecule has 0 radical (unpaired) electrons. The van der Waals surface area contributed by atoms with Gasteiger partial charge in [0.2, 0.25) is 5.91 Å². The molecule has 1 saturated heterocycles. The van der Waals surface area contributed by atoms with Gasteiger partial charge in [0.25, 0.3) is 0 Å². The summed E-state index contributed by atoms with van der Waals surface area (Å²) in [7, 11) is 1.67. The van der Waals surface area contributed by atoms with Crippen LogP contribution in [0, 0.1) is 5.92 Å². The van der Waals surface area contributed by atoms with E-state index in [2.05, 4.69) is 37.9 Å². The zero-order chi connectivity index (χ0) is 29.8. The Morgan fingerprint density at radius 1 is 1.17 bits per heavy atom. The molecule has 0 spiro atoms. The molecule has 4 atom stereocenters. The van der Waals surface area contributed by atoms with Crippen LogP contribution in [0.3, 0.4) is 0 Å². The summed E-state index contributed by atoms with van der Waals surface area (Å²) in [4.78, 5) is 26.0. The summed E-state index contributed by atoms with van der Waals surface area (Å²) in [6.07, 6.45) is 5.04. The Bertz CT molecular complexity index is 1280. The maximum Gasteiger partial charge on any atom is 0.303 e. The average molecular weight is 603 g/mol. The molecule has 2 aliphatic rings. The lowest BCUT2D eigenvalue weighted by Gasteiger charge is -2.61. The lowest BCUT2D eigenvalue weighted by Crippen LogP contribution is -2.74. The molecule has 0 bridgehead atoms. The average Bonchev–Trinajstić information content (AvgIpc) is 2.90. The predicted octanol–water partition coefficient (Wildman–Crippen LogP) is 6.52. The first-order chi connectivity index (χ1) is 19.4. The quantitative estimate of drug-likeness (QED) is 0.191. The molecule has 1 aliphatic heterocycles. The van der Waals surface area contributed by atoms with Crippen LogP contribution in [0.2, 0.25) is 10.0 Å². The molecule has 1 amide bonds. The van der Waals surface area contributed by atoms with Crippen molar-refractivity contribution in [3.05, 3.63) is 76.3 Å². The van der Waals surface area contributed by atoms with E-state index in [1.807, 2.05) is 24.3 Å². The molecule has 4 rings (SSSR count). The van der Waals surface area contributed by atoms with E-state index < -0.39 is 11.0 Å². The van der Waals surface area contributed by atoms with Crippen LogP contribution < -0.4 is 10.1 Å². The van der Waals surface area contributed by atoms with Crippen molar-refractivity contribution in [1.29, 1.82) is 0 Å². The minimum absolute atomic E-state index is 0.0680. The number of benzene rings is 2. The number of nitrogens with zero attached hydrogens (tertiary/aromatic N) is 1. The molecule has 8 heteroatoms. The first kappa shape index (κ1) is 31.4. The van der Waals surface area contributed by atoms with Crippen LogP contribution in [-0.4, -0.2) is 61.3 Å². The van der Waals surface area contributed by atoms with E-state index in [9.17, 15) is 9.59 Å². The standard InChI is InChI=1S/C33H42Cl2N2O4/c1-6-15-37(21-23(2)3)16-14-32(26-8-7-9-28(19-26)40-5)20-27(12-13-33(32,22-37)41-24(4)38)36-31(39)18-25-10-11-29(34)30(35)17-25/h6-11,17,19,23,27H,1,12-16,18,20-22H2,2-5H3/p+1/t27-,32-,33?,37+/m1/s1. The lowest BCUT2D eigenvalue weighted by atomic mass is 9.54. The molecule has 41 heavy (non-hydrogen) atoms. The van der Waals surface area contributed by atoms with Gasteiger partial charge >= 0.3 is 5.97 Å². The number of likely N-dealkylation sites (tertiary alicyclic amines) is 1. The van der Waals surface area contributed by atoms with Crippen LogP contribution in [0.4, 0.5) is 0 Å². The molecular formula is C33H43Cl2N2O4+. The minimum atomic E-state index is -0.730. The summed E-state index contributed by atoms with van der Waals surface area (Å²) in [5.74, 6) is 0.897. The molecule has 2 aromatic carbocycles. The molecule has 1 heterocycles. The zero-order valence-corrected chi connectivity index (χ0v) is 26.2. The van der Waals surface area contributed by atoms with E-state index in [0.717, 1.165) is 47.4 Å². The highest BCUT2D eigenvalue weighted by Crippen LogP contribution is 2.55. The largest absolute Gasteiger partial charge is 0.497 e. The summed E-state index contributed by atoms with van der Waals surface area (Å²) in [5, 5.41) is 4.19. The van der Waals surface area contributed by atoms with Gasteiger partial charge in [0.1, 0.15) is 12.3 Å². The van der Waals surface area contributed by atoms with Crippen LogP contribution in [0.15, 0.2) is 55.1 Å². The summed E-state index contributed by atoms with van der Waals surface area (Å²) >= 11 is 12.3. The van der Waals surface area contributed by atoms with Gasteiger partial charge in [-0.15, -0.1) is 0 Å². The minimum Gasteiger partial charge on any atom is -0.497 e. The molecule has 1 saturated carbocycles. The summed E-state index contributed by atoms with van der Waals surface area (Å²) in [6, 6.07) is 13.3. The van der Waals surface area contributed by atoms with Crippen molar-refractivity contribution in [2.45, 2.75) is 69.9 Å². The number of ether oxygens (including phenoxy) is 2. The maximum atomic E-state index is 13.2. The van der Waals surface area contributed by atoms with Gasteiger partial charge in [-0.1, -0.05) is 61.8 Å². The second-order valence-corrected chi connectivity index (χ2v) is 13.2. The van der Waals surface area contributed by atoms with Gasteiger partial charge in [-0.05, 0) is 60.7 Å². The summed E-state index contributed by atoms with van der Waals surface area (Å²) in [6.45, 7) is 13.5. The number of hydrogen-bond donors (Lipinski definition) is 1. The molecular weight excluding hydrogens is 559 g/mol. The van der Waals surface area contributed by atoms with E-state index in [-0.39, 0.29) is 24.3 Å². The fourth-order valence-corrected chi connectivity index (χ4v) is 7.86. The molecule has 1 unspecified atom stereocenters. The molecule has 2 fully saturated rings. The molecule has 1 N–H and O–H groups in total. The van der Waals surface area contributed by atoms with Gasteiger partial charge in [0.15, 0.2) is 5.60 Å². The van der Waals surface area contributed by atoms with Gasteiger partial charge in [0.05, 0.1) is 43.2 Å². The van der Waals surface area contributed by atoms with E-state index in [4.69, 9.17) is 32.7 Å². The van der Waals surface area contributed by atoms with Crippen LogP contribution >= 0.6 is 23.2 Å². The Labute approximate surface area is 254 Å². The Morgan fingerprint density at radius 2 is 1.95 bits per heavy atom. The molecule has 6 nitrogen and oxygen atoms in total. The second-order valence-electron chi connectivity index (χ2n) is 12.4. The smallest absolute Gasteiger partial charge is 0.303 e. The highest BCUT2D eigenvalue weighted by atomic mass is 35.5. The number of carbonyl (C=O) groups is 2. The fraction of sp³-hybridized carbons (Fsp3) is 0.515. The number of rotatable bonds is 10. The van der Waals surface area contributed by atoms with Crippen LogP contribution in [0.5, 0.6) is 5.75 Å². The Balaban J connectivity index is 1.72. The zero-order valence-electron chi connectivity index (χ0n) is 24.7. The van der Waals surface area contributed by atoms with Crippen molar-refractivity contribution in [3.63, 3.8) is 0 Å². The number of piperidine rings is 1. The predicted molar refractivity (Wildman–Crippen MR) is 164 cm³/mol. The van der Waals surface area contributed by atoms with Crippen LogP contribution in [0.25, 0.3) is 0 Å². The van der Waals surface area contributed by atoms with Crippen molar-refractivity contribution >= 4 is 35.1 Å². The number of nitrogens with one attached hydrogen (secondary N) is 1. The monoisotopic (exact) mass is 601 g/mol. The lowest BCUT2D eigenvalue weighted by molar-refractivity contribution is -0.938. The summed E-state index contributed by atoms with van der Waals surface area (Å²) < 4.78 is 13.0. The first-order valence-electron chi connectivity index (χ1n) is 14.5. The highest BCUT2D eigenvalue weighted by molar-refractivity contribution is 6.42. The van der Waals surface area contributed by atoms with Gasteiger partial charge < -0.3 is 19.3 Å². The van der Waals surface area contributed by atoms with Crippen molar-refractivity contribution in [2.24, 2.45) is 5.92 Å². The van der Waals surface area contributed by atoms with Gasteiger partial charge in [-0.3, -0.25) is 9.59 Å². The molecule has 1 aliphatic carbocycles. The number of fused-ring (bicyclic) bond motifs is 1. The Kier molecular flexibility index (Phi) is 9.77. The highest BCUT2D eigenvalue weighted by Gasteiger charge is 2.65. The molecule has 2 aromatic rings. The van der Waals surface area contributed by atoms with E-state index in [1.165, 1.54) is 6.92 Å². The number of esters is 1. The number of halogens is 2. The van der Waals surface area contributed by atoms with Crippen molar-refractivity contribution < 1.29 is 23.5 Å². The Morgan fingerprint density at radius 3 is 2.61 bits per heavy atom. The van der Waals surface area contributed by atoms with Crippen molar-refractivity contribution in [3.8, 4) is 5.75 Å². The number of methoxy groups -OCH3 is 1. The van der Waals surface area contributed by atoms with Crippen LogP contribution in [-0.2, 0) is 26.2 Å². The number of amides is 1. The third kappa shape index (κ3) is 6.76. The van der Waals surface area contributed by atoms with E-state index in [1.54, 1.807) is 19.2 Å². The fourth-order valence-electron chi connectivity index (χ4n) is 7.54. The molecule has 222 valence electrons. The number of quaternary nitrogens is 1. The van der Waals surface area contributed by atoms with Gasteiger partial charge in [0, 0.05) is 30.7 Å². The van der Waals surface area contributed by atoms with E-state index in [0.29, 0.717) is 41.8 Å². The SMILES string of the molecule is C=CC[N@@+]1(CC(C)C)CC[C@]2(c3cccc(OC)c3)C[C@H](NC(=O)Cc3ccc(Cl)c(Cl)c3)CCC2(OC(C)=O)C1. The first-order valence-corrected chi connectivity index (χ1v) is 15.2. The van der Waals surface area contributed by atoms with Crippen molar-refractivity contribution in [2.75, 3.05) is 33.3 Å². The maximum absolute atomic E-state index is 13.2. The van der Waals surface area contributed by atoms with Crippen molar-refractivity contribution in [1.82, 2.24) is 5.32 Å². The summed E-state index contributed by atoms with van der Waals surface area (Å²) in [5.41, 5.74) is 0.670. The Hall–Kier alpha value is -2.54. The van der Waals surface area contributed by atoms with Crippen LogP contribution in [0.1, 0.15) is 57.6 Å². The normalized spacial score (nSPS) is 27.5. The van der Waals surface area contributed by atoms with E-state index >= 15 is 0 Å². The second kappa shape index (κ2) is 12.8. The third-order valence-corrected chi connectivity index (χ3v) is 9.65. The number of hydrogen-bond acceptors (Lipinski definition) is 4. The molecule has 0 aromatic heterocycles. The van der Waals surface area contributed by atoms with Gasteiger partial charge in [-0.2, -0.15) is 0 Å². The third-order valence-electron chi connectivity index (χ3n) is 8.91. The number of carbonyl (C=O) groups excluding carboxylic acids is 2.